The minimum atomic E-state index is -0.659. The molecule has 0 aromatic carbocycles. The minimum absolute atomic E-state index is 0.0211. The van der Waals surface area contributed by atoms with E-state index in [2.05, 4.69) is 31.3 Å². The lowest BCUT2D eigenvalue weighted by atomic mass is 10.0. The molecule has 0 heterocycles. The third kappa shape index (κ3) is 71.6. The largest absolute Gasteiger partial charge is 0.466 e. The number of hydrogen-bond acceptors (Lipinski definition) is 5. The normalized spacial score (nSPS) is 12.5. The summed E-state index contributed by atoms with van der Waals surface area (Å²) in [6.07, 6.45) is 94.6. The van der Waals surface area contributed by atoms with Crippen LogP contribution in [0.4, 0.5) is 0 Å². The molecule has 0 rings (SSSR count). The molecule has 0 bridgehead atoms. The van der Waals surface area contributed by atoms with Gasteiger partial charge in [0.15, 0.2) is 0 Å². The topological polar surface area (TPSA) is 95.9 Å². The van der Waals surface area contributed by atoms with Gasteiger partial charge in [0.05, 0.1) is 25.4 Å². The van der Waals surface area contributed by atoms with Crippen molar-refractivity contribution in [1.82, 2.24) is 5.32 Å². The summed E-state index contributed by atoms with van der Waals surface area (Å²) in [5.41, 5.74) is 0. The fraction of sp³-hybridized carbons (Fsp3) is 0.949. The van der Waals surface area contributed by atoms with Crippen LogP contribution in [0.3, 0.4) is 0 Å². The van der Waals surface area contributed by atoms with Gasteiger partial charge in [-0.1, -0.05) is 405 Å². The molecule has 0 radical (unpaired) electrons. The first-order chi connectivity index (χ1) is 42.0. The highest BCUT2D eigenvalue weighted by Crippen LogP contribution is 2.20. The predicted octanol–water partition coefficient (Wildman–Crippen LogP) is 25.9. The standard InChI is InChI=1S/C79H155NO5/c1-3-5-7-9-11-13-15-17-19-41-45-49-53-57-61-65-69-73-79(84)85-74-70-66-62-58-54-50-46-43-40-38-36-34-32-30-28-26-24-22-20-21-23-25-27-29-31-33-35-37-39-42-44-48-52-56-60-64-68-72-78(83)80-76(75-81)77(82)71-67-63-59-55-51-47-18-16-14-12-10-8-6-4-2/h17,19,76-77,81-82H,3-16,18,20-75H2,1-2H3,(H,80,83)/b19-17-. The van der Waals surface area contributed by atoms with Gasteiger partial charge < -0.3 is 20.3 Å². The van der Waals surface area contributed by atoms with Crippen LogP contribution < -0.4 is 5.32 Å². The Kier molecular flexibility index (Phi) is 73.8. The second kappa shape index (κ2) is 75.1. The minimum Gasteiger partial charge on any atom is -0.466 e. The van der Waals surface area contributed by atoms with Gasteiger partial charge in [-0.2, -0.15) is 0 Å². The van der Waals surface area contributed by atoms with E-state index < -0.39 is 12.1 Å². The molecule has 6 nitrogen and oxygen atoms in total. The van der Waals surface area contributed by atoms with E-state index in [9.17, 15) is 19.8 Å². The Morgan fingerprint density at radius 3 is 0.835 bits per heavy atom. The maximum atomic E-state index is 12.5. The average molecular weight is 1200 g/mol. The number of carbonyl (C=O) groups is 2. The van der Waals surface area contributed by atoms with Crippen molar-refractivity contribution in [3.05, 3.63) is 12.2 Å². The van der Waals surface area contributed by atoms with Gasteiger partial charge in [0.2, 0.25) is 5.91 Å². The Hall–Kier alpha value is -1.40. The Morgan fingerprint density at radius 2 is 0.553 bits per heavy atom. The molecule has 85 heavy (non-hydrogen) atoms. The summed E-state index contributed by atoms with van der Waals surface area (Å²) < 4.78 is 5.51. The van der Waals surface area contributed by atoms with E-state index in [0.29, 0.717) is 25.9 Å². The maximum absolute atomic E-state index is 12.5. The van der Waals surface area contributed by atoms with Gasteiger partial charge in [-0.3, -0.25) is 9.59 Å². The summed E-state index contributed by atoms with van der Waals surface area (Å²) in [7, 11) is 0. The SMILES string of the molecule is CCCCCCCC/C=C\CCCCCCCCCC(=O)OCCCCCCCCCCCCCCCCCCCCCCCCCCCCCCCCCCCCCCCC(=O)NC(CO)C(O)CCCCCCCCCCCCCCCC. The van der Waals surface area contributed by atoms with Crippen LogP contribution in [0.25, 0.3) is 0 Å². The predicted molar refractivity (Wildman–Crippen MR) is 375 cm³/mol. The van der Waals surface area contributed by atoms with Gasteiger partial charge in [0.25, 0.3) is 0 Å². The first-order valence-corrected chi connectivity index (χ1v) is 39.4. The third-order valence-electron chi connectivity index (χ3n) is 18.8. The van der Waals surface area contributed by atoms with Crippen molar-refractivity contribution in [3.63, 3.8) is 0 Å². The van der Waals surface area contributed by atoms with Crippen LogP contribution in [-0.2, 0) is 14.3 Å². The monoisotopic (exact) mass is 1200 g/mol. The van der Waals surface area contributed by atoms with E-state index in [-0.39, 0.29) is 18.5 Å². The van der Waals surface area contributed by atoms with Crippen molar-refractivity contribution >= 4 is 11.9 Å². The van der Waals surface area contributed by atoms with Crippen LogP contribution in [-0.4, -0.2) is 47.4 Å². The van der Waals surface area contributed by atoms with Gasteiger partial charge >= 0.3 is 5.97 Å². The van der Waals surface area contributed by atoms with E-state index in [4.69, 9.17) is 4.74 Å². The van der Waals surface area contributed by atoms with Crippen molar-refractivity contribution < 1.29 is 24.5 Å². The lowest BCUT2D eigenvalue weighted by Gasteiger charge is -2.22. The molecule has 0 aromatic heterocycles. The first-order valence-electron chi connectivity index (χ1n) is 39.4. The number of ether oxygens (including phenoxy) is 1. The van der Waals surface area contributed by atoms with Crippen LogP contribution in [0.5, 0.6) is 0 Å². The van der Waals surface area contributed by atoms with Gasteiger partial charge in [-0.15, -0.1) is 0 Å². The molecule has 1 amide bonds. The number of amides is 1. The molecule has 0 aliphatic carbocycles. The number of hydrogen-bond donors (Lipinski definition) is 3. The highest BCUT2D eigenvalue weighted by molar-refractivity contribution is 5.76. The fourth-order valence-electron chi connectivity index (χ4n) is 12.8. The first kappa shape index (κ1) is 83.6. The van der Waals surface area contributed by atoms with E-state index in [1.54, 1.807) is 0 Å². The Morgan fingerprint density at radius 1 is 0.318 bits per heavy atom. The number of unbranched alkanes of at least 4 members (excludes halogenated alkanes) is 62. The molecule has 2 atom stereocenters. The molecule has 3 N–H and O–H groups in total. The van der Waals surface area contributed by atoms with E-state index in [0.717, 1.165) is 38.5 Å². The average Bonchev–Trinajstić information content (AvgIpc) is 3.52. The number of carbonyl (C=O) groups excluding carboxylic acids is 2. The Bertz CT molecular complexity index is 1290. The van der Waals surface area contributed by atoms with E-state index in [1.807, 2.05) is 0 Å². The molecule has 0 saturated carbocycles. The highest BCUT2D eigenvalue weighted by atomic mass is 16.5. The van der Waals surface area contributed by atoms with Crippen molar-refractivity contribution in [2.75, 3.05) is 13.2 Å². The number of nitrogens with one attached hydrogen (secondary N) is 1. The second-order valence-electron chi connectivity index (χ2n) is 27.4. The van der Waals surface area contributed by atoms with Gasteiger partial charge in [0, 0.05) is 12.8 Å². The molecule has 0 aromatic rings. The van der Waals surface area contributed by atoms with Crippen LogP contribution in [0.2, 0.25) is 0 Å². The zero-order chi connectivity index (χ0) is 61.3. The van der Waals surface area contributed by atoms with Gasteiger partial charge in [-0.05, 0) is 51.4 Å². The number of rotatable bonds is 75. The summed E-state index contributed by atoms with van der Waals surface area (Å²) in [6, 6.07) is -0.536. The fourth-order valence-corrected chi connectivity index (χ4v) is 12.8. The Balaban J connectivity index is 3.28. The molecule has 506 valence electrons. The molecule has 2 unspecified atom stereocenters. The molecule has 0 saturated heterocycles. The highest BCUT2D eigenvalue weighted by Gasteiger charge is 2.20. The Labute approximate surface area is 533 Å². The van der Waals surface area contributed by atoms with E-state index in [1.165, 1.54) is 385 Å². The summed E-state index contributed by atoms with van der Waals surface area (Å²) in [4.78, 5) is 24.6. The van der Waals surface area contributed by atoms with Crippen molar-refractivity contribution in [2.45, 2.75) is 469 Å². The summed E-state index contributed by atoms with van der Waals surface area (Å²) in [5, 5.41) is 23.3. The molecule has 0 fully saturated rings. The molecular weight excluding hydrogens is 1040 g/mol. The molecule has 0 spiro atoms. The van der Waals surface area contributed by atoms with E-state index >= 15 is 0 Å². The second-order valence-corrected chi connectivity index (χ2v) is 27.4. The van der Waals surface area contributed by atoms with Crippen molar-refractivity contribution in [1.29, 1.82) is 0 Å². The van der Waals surface area contributed by atoms with Gasteiger partial charge in [-0.25, -0.2) is 0 Å². The summed E-state index contributed by atoms with van der Waals surface area (Å²) in [6.45, 7) is 4.99. The quantitative estimate of drug-likeness (QED) is 0.0320. The molecular formula is C79H155NO5. The summed E-state index contributed by atoms with van der Waals surface area (Å²) in [5.74, 6) is -0.00464. The number of aliphatic hydroxyl groups excluding tert-OH is 2. The number of aliphatic hydroxyl groups is 2. The zero-order valence-electron chi connectivity index (χ0n) is 58.1. The number of esters is 1. The van der Waals surface area contributed by atoms with Crippen LogP contribution in [0.15, 0.2) is 12.2 Å². The lowest BCUT2D eigenvalue weighted by Crippen LogP contribution is -2.45. The molecule has 0 aliphatic heterocycles. The number of allylic oxidation sites excluding steroid dienone is 2. The van der Waals surface area contributed by atoms with Crippen LogP contribution in [0, 0.1) is 0 Å². The van der Waals surface area contributed by atoms with Crippen LogP contribution in [0.1, 0.15) is 457 Å². The maximum Gasteiger partial charge on any atom is 0.305 e. The lowest BCUT2D eigenvalue weighted by molar-refractivity contribution is -0.143. The van der Waals surface area contributed by atoms with Crippen molar-refractivity contribution in [2.24, 2.45) is 0 Å². The van der Waals surface area contributed by atoms with Crippen LogP contribution >= 0.6 is 0 Å². The van der Waals surface area contributed by atoms with Gasteiger partial charge in [0.1, 0.15) is 0 Å². The zero-order valence-corrected chi connectivity index (χ0v) is 58.1. The van der Waals surface area contributed by atoms with Crippen molar-refractivity contribution in [3.8, 4) is 0 Å². The third-order valence-corrected chi connectivity index (χ3v) is 18.8. The smallest absolute Gasteiger partial charge is 0.305 e. The molecule has 0 aliphatic rings. The summed E-state index contributed by atoms with van der Waals surface area (Å²) >= 11 is 0. The molecule has 6 heteroatoms.